The number of carbonyl (C=O) groups is 1. The fourth-order valence-electron chi connectivity index (χ4n) is 2.42. The Kier molecular flexibility index (Phi) is 11.0. The van der Waals surface area contributed by atoms with Gasteiger partial charge < -0.3 is 9.15 Å². The van der Waals surface area contributed by atoms with Gasteiger partial charge in [0.2, 0.25) is 5.78 Å². The zero-order valence-electron chi connectivity index (χ0n) is 17.6. The third-order valence-corrected chi connectivity index (χ3v) is 5.01. The third-order valence-electron chi connectivity index (χ3n) is 4.27. The van der Waals surface area contributed by atoms with Gasteiger partial charge in [-0.1, -0.05) is 38.7 Å². The van der Waals surface area contributed by atoms with Crippen molar-refractivity contribution in [3.05, 3.63) is 48.0 Å². The fourth-order valence-corrected chi connectivity index (χ4v) is 2.61. The molecule has 0 N–H and O–H groups in total. The van der Waals surface area contributed by atoms with Gasteiger partial charge in [0, 0.05) is 31.3 Å². The molecule has 4 nitrogen and oxygen atoms in total. The summed E-state index contributed by atoms with van der Waals surface area (Å²) in [6.07, 6.45) is 5.62. The number of nitrogens with zero attached hydrogens (tertiary/aromatic N) is 1. The second-order valence-corrected chi connectivity index (χ2v) is 7.62. The fraction of sp³-hybridized carbons (Fsp3) is 0.478. The van der Waals surface area contributed by atoms with E-state index in [-0.39, 0.29) is 5.78 Å². The normalized spacial score (nSPS) is 12.3. The lowest BCUT2D eigenvalue weighted by Crippen LogP contribution is -1.98. The molecule has 1 aromatic rings. The molecule has 0 aliphatic heterocycles. The Morgan fingerprint density at radius 1 is 1.32 bits per heavy atom. The van der Waals surface area contributed by atoms with Crippen LogP contribution in [0, 0.1) is 0 Å². The topological polar surface area (TPSA) is 51.8 Å². The summed E-state index contributed by atoms with van der Waals surface area (Å²) >= 11 is 3.44. The monoisotopic (exact) mass is 449 g/mol. The van der Waals surface area contributed by atoms with E-state index < -0.39 is 0 Å². The highest BCUT2D eigenvalue weighted by atomic mass is 79.9. The maximum absolute atomic E-state index is 12.5. The molecule has 0 saturated heterocycles. The smallest absolute Gasteiger partial charge is 0.202 e. The van der Waals surface area contributed by atoms with Gasteiger partial charge in [0.15, 0.2) is 11.5 Å². The van der Waals surface area contributed by atoms with Crippen molar-refractivity contribution >= 4 is 37.6 Å². The summed E-state index contributed by atoms with van der Waals surface area (Å²) in [4.78, 5) is 17.1. The summed E-state index contributed by atoms with van der Waals surface area (Å²) in [5.74, 6) is 0.732. The number of halogens is 1. The first kappa shape index (κ1) is 24.3. The van der Waals surface area contributed by atoms with Gasteiger partial charge in [-0.15, -0.1) is 0 Å². The number of ether oxygens (including phenoxy) is 1. The van der Waals surface area contributed by atoms with E-state index in [2.05, 4.69) is 41.0 Å². The Hall–Kier alpha value is -1.72. The van der Waals surface area contributed by atoms with Gasteiger partial charge in [-0.25, -0.2) is 4.99 Å². The van der Waals surface area contributed by atoms with Crippen molar-refractivity contribution in [2.75, 3.05) is 13.2 Å². The quantitative estimate of drug-likeness (QED) is 0.103. The van der Waals surface area contributed by atoms with Crippen LogP contribution in [0.5, 0.6) is 0 Å². The predicted molar refractivity (Wildman–Crippen MR) is 122 cm³/mol. The second kappa shape index (κ2) is 12.7. The van der Waals surface area contributed by atoms with E-state index in [0.717, 1.165) is 48.1 Å². The Morgan fingerprint density at radius 3 is 2.64 bits per heavy atom. The highest BCUT2D eigenvalue weighted by Crippen LogP contribution is 2.35. The van der Waals surface area contributed by atoms with Gasteiger partial charge in [-0.3, -0.25) is 4.79 Å². The van der Waals surface area contributed by atoms with Gasteiger partial charge in [0.05, 0.1) is 4.62 Å². The Bertz CT molecular complexity index is 756. The SMILES string of the molecule is C=C(CCCOCCC)C(=C)c1oc(C(=O)C/C(C)=C\C)cc1/N=C(/Br)CC. The summed E-state index contributed by atoms with van der Waals surface area (Å²) in [5, 5.41) is 0. The molecule has 0 saturated carbocycles. The number of ketones is 1. The molecule has 1 heterocycles. The van der Waals surface area contributed by atoms with Gasteiger partial charge in [0.1, 0.15) is 5.69 Å². The van der Waals surface area contributed by atoms with Gasteiger partial charge in [0.25, 0.3) is 0 Å². The molecule has 1 aromatic heterocycles. The number of rotatable bonds is 13. The summed E-state index contributed by atoms with van der Waals surface area (Å²) in [6.45, 7) is 17.7. The van der Waals surface area contributed by atoms with Crippen molar-refractivity contribution in [2.24, 2.45) is 4.99 Å². The van der Waals surface area contributed by atoms with Crippen molar-refractivity contribution in [1.29, 1.82) is 0 Å². The van der Waals surface area contributed by atoms with Crippen LogP contribution in [0.1, 0.15) is 76.1 Å². The molecule has 28 heavy (non-hydrogen) atoms. The molecule has 0 amide bonds. The Labute approximate surface area is 177 Å². The third kappa shape index (κ3) is 7.72. The average molecular weight is 450 g/mol. The lowest BCUT2D eigenvalue weighted by molar-refractivity contribution is 0.0966. The molecule has 0 radical (unpaired) electrons. The van der Waals surface area contributed by atoms with E-state index in [4.69, 9.17) is 9.15 Å². The minimum absolute atomic E-state index is 0.0719. The van der Waals surface area contributed by atoms with E-state index in [1.165, 1.54) is 0 Å². The first-order valence-corrected chi connectivity index (χ1v) is 10.6. The van der Waals surface area contributed by atoms with Crippen LogP contribution in [-0.4, -0.2) is 23.6 Å². The Balaban J connectivity index is 3.02. The van der Waals surface area contributed by atoms with E-state index in [9.17, 15) is 4.79 Å². The Morgan fingerprint density at radius 2 is 2.04 bits per heavy atom. The highest BCUT2D eigenvalue weighted by molar-refractivity contribution is 9.18. The largest absolute Gasteiger partial charge is 0.451 e. The zero-order chi connectivity index (χ0) is 21.1. The number of hydrogen-bond acceptors (Lipinski definition) is 4. The molecule has 5 heteroatoms. The number of hydrogen-bond donors (Lipinski definition) is 0. The lowest BCUT2D eigenvalue weighted by Gasteiger charge is -2.09. The molecule has 0 aliphatic carbocycles. The number of aliphatic imine (C=N–C) groups is 1. The first-order chi connectivity index (χ1) is 13.3. The predicted octanol–water partition coefficient (Wildman–Crippen LogP) is 7.43. The van der Waals surface area contributed by atoms with E-state index in [1.807, 2.05) is 26.8 Å². The summed E-state index contributed by atoms with van der Waals surface area (Å²) in [6, 6.07) is 1.69. The first-order valence-electron chi connectivity index (χ1n) is 9.80. The van der Waals surface area contributed by atoms with Crippen molar-refractivity contribution in [3.8, 4) is 0 Å². The minimum Gasteiger partial charge on any atom is -0.451 e. The molecule has 0 aromatic carbocycles. The van der Waals surface area contributed by atoms with Crippen molar-refractivity contribution in [3.63, 3.8) is 0 Å². The van der Waals surface area contributed by atoms with Crippen molar-refractivity contribution in [2.45, 2.75) is 59.8 Å². The summed E-state index contributed by atoms with van der Waals surface area (Å²) in [5.41, 5.74) is 3.14. The maximum atomic E-state index is 12.5. The molecule has 0 spiro atoms. The molecule has 0 aliphatic rings. The van der Waals surface area contributed by atoms with Crippen molar-refractivity contribution < 1.29 is 13.9 Å². The van der Waals surface area contributed by atoms with Crippen molar-refractivity contribution in [1.82, 2.24) is 0 Å². The van der Waals surface area contributed by atoms with Crippen LogP contribution in [0.3, 0.4) is 0 Å². The van der Waals surface area contributed by atoms with Crippen LogP contribution in [0.4, 0.5) is 5.69 Å². The molecular formula is C23H32BrNO3. The van der Waals surface area contributed by atoms with Crippen LogP contribution in [0.15, 0.2) is 45.9 Å². The van der Waals surface area contributed by atoms with E-state index in [1.54, 1.807) is 6.07 Å². The van der Waals surface area contributed by atoms with Gasteiger partial charge in [-0.05, 0) is 61.0 Å². The molecular weight excluding hydrogens is 418 g/mol. The molecule has 1 rings (SSSR count). The number of Topliss-reactive ketones (excluding diaryl/α,β-unsaturated/α-hetero) is 1. The summed E-state index contributed by atoms with van der Waals surface area (Å²) in [7, 11) is 0. The van der Waals surface area contributed by atoms with Crippen LogP contribution >= 0.6 is 15.9 Å². The second-order valence-electron chi connectivity index (χ2n) is 6.70. The van der Waals surface area contributed by atoms with Gasteiger partial charge in [-0.2, -0.15) is 0 Å². The molecule has 154 valence electrons. The van der Waals surface area contributed by atoms with Gasteiger partial charge >= 0.3 is 0 Å². The van der Waals surface area contributed by atoms with Crippen LogP contribution < -0.4 is 0 Å². The van der Waals surface area contributed by atoms with E-state index in [0.29, 0.717) is 35.8 Å². The van der Waals surface area contributed by atoms with Crippen LogP contribution in [-0.2, 0) is 4.74 Å². The molecule has 0 fully saturated rings. The number of carbonyl (C=O) groups excluding carboxylic acids is 1. The molecule has 0 atom stereocenters. The number of allylic oxidation sites excluding steroid dienone is 4. The maximum Gasteiger partial charge on any atom is 0.202 e. The standard InChI is InChI=1S/C23H32BrNO3/c1-7-12-27-13-10-11-17(5)18(6)23-19(25-22(24)9-3)15-21(28-23)20(26)14-16(4)8-2/h8,15H,5-7,9-14H2,1-4H3/b16-8-,25-22+. The molecule has 0 unspecified atom stereocenters. The lowest BCUT2D eigenvalue weighted by atomic mass is 10.0. The zero-order valence-corrected chi connectivity index (χ0v) is 19.2. The summed E-state index contributed by atoms with van der Waals surface area (Å²) < 4.78 is 12.2. The number of furan rings is 1. The van der Waals surface area contributed by atoms with Crippen LogP contribution in [0.25, 0.3) is 5.57 Å². The highest BCUT2D eigenvalue weighted by Gasteiger charge is 2.20. The minimum atomic E-state index is -0.0719. The van der Waals surface area contributed by atoms with Crippen LogP contribution in [0.2, 0.25) is 0 Å². The molecule has 0 bridgehead atoms. The van der Waals surface area contributed by atoms with E-state index >= 15 is 0 Å². The average Bonchev–Trinajstić information content (AvgIpc) is 3.10.